The number of aryl methyl sites for hydroxylation is 2. The van der Waals surface area contributed by atoms with Gasteiger partial charge >= 0.3 is 12.1 Å². The van der Waals surface area contributed by atoms with Gasteiger partial charge in [0.1, 0.15) is 29.8 Å². The predicted octanol–water partition coefficient (Wildman–Crippen LogP) is 6.87. The highest BCUT2D eigenvalue weighted by molar-refractivity contribution is 5.96. The number of hydrogen-bond acceptors (Lipinski definition) is 6. The summed E-state index contributed by atoms with van der Waals surface area (Å²) in [4.78, 5) is 35.1. The fraction of sp³-hybridized carbons (Fsp3) is 0.300. The van der Waals surface area contributed by atoms with Gasteiger partial charge in [-0.1, -0.05) is 32.9 Å². The van der Waals surface area contributed by atoms with E-state index in [2.05, 4.69) is 34.0 Å². The lowest BCUT2D eigenvalue weighted by Gasteiger charge is -2.21. The summed E-state index contributed by atoms with van der Waals surface area (Å²) >= 11 is 0. The summed E-state index contributed by atoms with van der Waals surface area (Å²) in [6.45, 7) is 8.44. The molecule has 0 spiro atoms. The molecule has 4 rings (SSSR count). The first-order chi connectivity index (χ1) is 20.3. The summed E-state index contributed by atoms with van der Waals surface area (Å²) in [7, 11) is 0. The quantitative estimate of drug-likeness (QED) is 0.197. The van der Waals surface area contributed by atoms with Crippen molar-refractivity contribution in [2.75, 3.05) is 11.9 Å². The standard InChI is InChI=1S/C15H13N3.C13H13F5N2O3.C2H6/c1-10-5-6-13(14-12(10)4-3-8-16-14)15-17-9-7-11(2)18-15;1-2-9(13(16,17)18)20-6-3-7(14)11(8(15)4-6)12(23)19-5-10(21)22;1-2/h3-9H,1-2H3;3-4,9,20H,2,5H2,1H3,(H,19,23)(H,21,22);1-2H3. The van der Waals surface area contributed by atoms with Crippen molar-refractivity contribution in [3.05, 3.63) is 83.3 Å². The van der Waals surface area contributed by atoms with Crippen LogP contribution >= 0.6 is 0 Å². The molecule has 3 N–H and O–H groups in total. The molecule has 1 unspecified atom stereocenters. The highest BCUT2D eigenvalue weighted by Crippen LogP contribution is 2.28. The van der Waals surface area contributed by atoms with Crippen LogP contribution < -0.4 is 10.6 Å². The van der Waals surface area contributed by atoms with E-state index < -0.39 is 53.5 Å². The maximum Gasteiger partial charge on any atom is 0.408 e. The zero-order valence-electron chi connectivity index (χ0n) is 24.2. The summed E-state index contributed by atoms with van der Waals surface area (Å²) < 4.78 is 65.4. The van der Waals surface area contributed by atoms with Crippen molar-refractivity contribution in [1.29, 1.82) is 0 Å². The lowest BCUT2D eigenvalue weighted by atomic mass is 10.0. The van der Waals surface area contributed by atoms with E-state index in [9.17, 15) is 31.5 Å². The maximum atomic E-state index is 13.8. The fourth-order valence-electron chi connectivity index (χ4n) is 3.81. The summed E-state index contributed by atoms with van der Waals surface area (Å²) in [6.07, 6.45) is -1.39. The minimum atomic E-state index is -4.61. The molecule has 1 amide bonds. The van der Waals surface area contributed by atoms with Gasteiger partial charge in [-0.15, -0.1) is 0 Å². The molecule has 43 heavy (non-hydrogen) atoms. The van der Waals surface area contributed by atoms with E-state index in [-0.39, 0.29) is 6.42 Å². The van der Waals surface area contributed by atoms with Gasteiger partial charge in [-0.25, -0.2) is 18.7 Å². The highest BCUT2D eigenvalue weighted by atomic mass is 19.4. The molecule has 0 radical (unpaired) electrons. The lowest BCUT2D eigenvalue weighted by molar-refractivity contribution is -0.143. The largest absolute Gasteiger partial charge is 0.480 e. The molecule has 0 aliphatic rings. The van der Waals surface area contributed by atoms with Gasteiger partial charge in [0, 0.05) is 34.7 Å². The molecular formula is C30H32F5N5O3. The van der Waals surface area contributed by atoms with Gasteiger partial charge in [0.2, 0.25) is 0 Å². The second-order valence-electron chi connectivity index (χ2n) is 8.89. The molecule has 0 aliphatic heterocycles. The minimum absolute atomic E-state index is 0.367. The van der Waals surface area contributed by atoms with E-state index >= 15 is 0 Å². The molecule has 1 atom stereocenters. The van der Waals surface area contributed by atoms with Crippen LogP contribution in [0.1, 0.15) is 48.8 Å². The fourth-order valence-corrected chi connectivity index (χ4v) is 3.81. The number of alkyl halides is 3. The molecule has 2 aromatic carbocycles. The van der Waals surface area contributed by atoms with E-state index in [0.29, 0.717) is 12.1 Å². The first-order valence-electron chi connectivity index (χ1n) is 13.3. The Morgan fingerprint density at radius 2 is 1.63 bits per heavy atom. The molecule has 4 aromatic rings. The average Bonchev–Trinajstić information content (AvgIpc) is 2.95. The molecule has 2 heterocycles. The molecule has 0 saturated heterocycles. The number of carboxylic acid groups (broad SMARTS) is 1. The Kier molecular flexibility index (Phi) is 12.5. The van der Waals surface area contributed by atoms with Crippen molar-refractivity contribution >= 4 is 28.5 Å². The van der Waals surface area contributed by atoms with Crippen LogP contribution in [0, 0.1) is 25.5 Å². The number of fused-ring (bicyclic) bond motifs is 1. The summed E-state index contributed by atoms with van der Waals surface area (Å²) in [6, 6.07) is 9.12. The van der Waals surface area contributed by atoms with E-state index in [1.54, 1.807) is 17.7 Å². The van der Waals surface area contributed by atoms with Crippen molar-refractivity contribution in [2.24, 2.45) is 0 Å². The average molecular weight is 606 g/mol. The molecule has 230 valence electrons. The van der Waals surface area contributed by atoms with Crippen LogP contribution in [0.15, 0.2) is 54.9 Å². The summed E-state index contributed by atoms with van der Waals surface area (Å²) in [5, 5.41) is 13.2. The van der Waals surface area contributed by atoms with Gasteiger partial charge in [-0.3, -0.25) is 14.6 Å². The zero-order valence-corrected chi connectivity index (χ0v) is 24.2. The number of hydrogen-bond donors (Lipinski definition) is 3. The Balaban J connectivity index is 0.000000290. The van der Waals surface area contributed by atoms with Crippen molar-refractivity contribution in [3.63, 3.8) is 0 Å². The minimum Gasteiger partial charge on any atom is -0.480 e. The van der Waals surface area contributed by atoms with Crippen molar-refractivity contribution in [3.8, 4) is 11.4 Å². The lowest BCUT2D eigenvalue weighted by Crippen LogP contribution is -2.35. The van der Waals surface area contributed by atoms with Gasteiger partial charge < -0.3 is 15.7 Å². The number of pyridine rings is 1. The number of nitrogens with one attached hydrogen (secondary N) is 2. The predicted molar refractivity (Wildman–Crippen MR) is 154 cm³/mol. The summed E-state index contributed by atoms with van der Waals surface area (Å²) in [5.74, 6) is -4.83. The molecule has 2 aromatic heterocycles. The number of aliphatic carboxylic acids is 1. The molecular weight excluding hydrogens is 573 g/mol. The number of anilines is 1. The highest BCUT2D eigenvalue weighted by Gasteiger charge is 2.38. The normalized spacial score (nSPS) is 11.4. The third kappa shape index (κ3) is 9.42. The van der Waals surface area contributed by atoms with Crippen LogP contribution in [0.25, 0.3) is 22.3 Å². The number of halogens is 5. The van der Waals surface area contributed by atoms with Gasteiger partial charge in [0.25, 0.3) is 5.91 Å². The number of aromatic nitrogens is 3. The monoisotopic (exact) mass is 605 g/mol. The van der Waals surface area contributed by atoms with Crippen LogP contribution in [0.5, 0.6) is 0 Å². The van der Waals surface area contributed by atoms with E-state index in [0.717, 1.165) is 28.0 Å². The van der Waals surface area contributed by atoms with Crippen LogP contribution in [-0.2, 0) is 4.79 Å². The molecule has 13 heteroatoms. The summed E-state index contributed by atoms with van der Waals surface area (Å²) in [5.41, 5.74) is 2.57. The topological polar surface area (TPSA) is 117 Å². The van der Waals surface area contributed by atoms with Crippen LogP contribution in [0.3, 0.4) is 0 Å². The Bertz CT molecular complexity index is 1540. The van der Waals surface area contributed by atoms with Gasteiger partial charge in [-0.05, 0) is 56.2 Å². The molecule has 0 aliphatic carbocycles. The Morgan fingerprint density at radius 1 is 0.977 bits per heavy atom. The van der Waals surface area contributed by atoms with Crippen molar-refractivity contribution < 1.29 is 36.6 Å². The van der Waals surface area contributed by atoms with Gasteiger partial charge in [0.15, 0.2) is 5.82 Å². The number of carboxylic acids is 1. The van der Waals surface area contributed by atoms with E-state index in [1.807, 2.05) is 44.3 Å². The third-order valence-electron chi connectivity index (χ3n) is 5.84. The van der Waals surface area contributed by atoms with Crippen molar-refractivity contribution in [2.45, 2.75) is 53.3 Å². The van der Waals surface area contributed by atoms with E-state index in [4.69, 9.17) is 5.11 Å². The smallest absolute Gasteiger partial charge is 0.408 e. The number of amides is 1. The Morgan fingerprint density at radius 3 is 2.19 bits per heavy atom. The first kappa shape index (κ1) is 34.5. The maximum absolute atomic E-state index is 13.8. The Hall–Kier alpha value is -4.68. The molecule has 0 fully saturated rings. The second kappa shape index (κ2) is 15.5. The SMILES string of the molecule is CC.CCC(Nc1cc(F)c(C(=O)NCC(=O)O)c(F)c1)C(F)(F)F.Cc1ccnc(-c2ccc(C)c3cccnc23)n1. The number of benzene rings is 2. The van der Waals surface area contributed by atoms with Crippen LogP contribution in [-0.4, -0.2) is 50.7 Å². The van der Waals surface area contributed by atoms with Crippen molar-refractivity contribution in [1.82, 2.24) is 20.3 Å². The third-order valence-corrected chi connectivity index (χ3v) is 5.84. The van der Waals surface area contributed by atoms with Gasteiger partial charge in [-0.2, -0.15) is 13.2 Å². The molecule has 0 saturated carbocycles. The number of carbonyl (C=O) groups is 2. The first-order valence-corrected chi connectivity index (χ1v) is 13.3. The zero-order chi connectivity index (χ0) is 32.3. The number of rotatable bonds is 7. The molecule has 8 nitrogen and oxygen atoms in total. The second-order valence-corrected chi connectivity index (χ2v) is 8.89. The number of nitrogens with zero attached hydrogens (tertiary/aromatic N) is 3. The number of carbonyl (C=O) groups excluding carboxylic acids is 1. The van der Waals surface area contributed by atoms with Crippen LogP contribution in [0.2, 0.25) is 0 Å². The van der Waals surface area contributed by atoms with Gasteiger partial charge in [0.05, 0.1) is 5.52 Å². The van der Waals surface area contributed by atoms with Crippen LogP contribution in [0.4, 0.5) is 27.6 Å². The Labute approximate surface area is 245 Å². The molecule has 0 bridgehead atoms. The van der Waals surface area contributed by atoms with E-state index in [1.165, 1.54) is 12.5 Å².